The average molecular weight is 756 g/mol. The highest BCUT2D eigenvalue weighted by molar-refractivity contribution is 7.98. The number of benzene rings is 1. The van der Waals surface area contributed by atoms with Gasteiger partial charge in [-0.3, -0.25) is 19.2 Å². The number of aromatic nitrogens is 2. The third-order valence-electron chi connectivity index (χ3n) is 8.82. The fraction of sp³-hybridized carbons (Fsp3) is 0.564. The predicted molar refractivity (Wildman–Crippen MR) is 213 cm³/mol. The number of ether oxygens (including phenoxy) is 2. The van der Waals surface area contributed by atoms with Crippen molar-refractivity contribution in [1.29, 1.82) is 0 Å². The van der Waals surface area contributed by atoms with Crippen LogP contribution < -0.4 is 20.2 Å². The minimum absolute atomic E-state index is 0.00389. The Bertz CT molecular complexity index is 1630. The molecule has 1 saturated heterocycles. The van der Waals surface area contributed by atoms with Crippen LogP contribution in [0.1, 0.15) is 103 Å². The molecule has 13 heteroatoms. The summed E-state index contributed by atoms with van der Waals surface area (Å²) >= 11 is 3.08. The SMILES string of the molecule is C=CCCCCO[C@H](C)C(=O)N1CCCC1C.COc1ccc2c(=O)cc(-c3nc(C(C)C)cs3)[nH]c2c1C.O=CNC1CC1.O=CNSC1CC1. The number of unbranched alkanes of at least 4 members (excludes halogenated alkanes) is 2. The van der Waals surface area contributed by atoms with Crippen molar-refractivity contribution in [3.63, 3.8) is 0 Å². The van der Waals surface area contributed by atoms with E-state index in [4.69, 9.17) is 9.47 Å². The Morgan fingerprint density at radius 1 is 1.15 bits per heavy atom. The first kappa shape index (κ1) is 42.7. The predicted octanol–water partition coefficient (Wildman–Crippen LogP) is 7.29. The lowest BCUT2D eigenvalue weighted by Gasteiger charge is -2.25. The molecule has 1 aliphatic heterocycles. The molecule has 286 valence electrons. The van der Waals surface area contributed by atoms with Crippen LogP contribution >= 0.6 is 23.3 Å². The molecule has 3 fully saturated rings. The normalized spacial score (nSPS) is 16.7. The van der Waals surface area contributed by atoms with Crippen molar-refractivity contribution in [2.24, 2.45) is 0 Å². The zero-order valence-electron chi connectivity index (χ0n) is 31.6. The minimum atomic E-state index is -0.292. The molecule has 3 amide bonds. The van der Waals surface area contributed by atoms with E-state index in [0.29, 0.717) is 30.0 Å². The van der Waals surface area contributed by atoms with Gasteiger partial charge >= 0.3 is 0 Å². The molecule has 2 aromatic heterocycles. The molecule has 3 heterocycles. The Balaban J connectivity index is 0.000000212. The van der Waals surface area contributed by atoms with Crippen LogP contribution in [0, 0.1) is 6.92 Å². The maximum absolute atomic E-state index is 12.4. The second-order valence-electron chi connectivity index (χ2n) is 13.5. The summed E-state index contributed by atoms with van der Waals surface area (Å²) in [6.07, 6.45) is 13.4. The van der Waals surface area contributed by atoms with Crippen molar-refractivity contribution >= 4 is 52.9 Å². The van der Waals surface area contributed by atoms with E-state index >= 15 is 0 Å². The molecule has 6 rings (SSSR count). The van der Waals surface area contributed by atoms with E-state index in [1.165, 1.54) is 37.6 Å². The Hall–Kier alpha value is -3.68. The van der Waals surface area contributed by atoms with Crippen LogP contribution in [-0.4, -0.2) is 77.3 Å². The first-order chi connectivity index (χ1) is 25.0. The first-order valence-electron chi connectivity index (χ1n) is 18.3. The summed E-state index contributed by atoms with van der Waals surface area (Å²) in [5.74, 6) is 1.29. The van der Waals surface area contributed by atoms with Gasteiger partial charge in [0.1, 0.15) is 16.9 Å². The number of thiazole rings is 1. The molecular formula is C39H57N5O6S2. The highest BCUT2D eigenvalue weighted by atomic mass is 32.2. The van der Waals surface area contributed by atoms with Gasteiger partial charge in [-0.25, -0.2) is 4.98 Å². The van der Waals surface area contributed by atoms with Crippen molar-refractivity contribution in [2.45, 2.75) is 122 Å². The summed E-state index contributed by atoms with van der Waals surface area (Å²) in [6, 6.07) is 6.16. The molecular weight excluding hydrogens is 699 g/mol. The maximum Gasteiger partial charge on any atom is 0.251 e. The zero-order chi connectivity index (χ0) is 38.0. The Morgan fingerprint density at radius 2 is 1.90 bits per heavy atom. The fourth-order valence-corrected chi connectivity index (χ4v) is 6.89. The van der Waals surface area contributed by atoms with E-state index < -0.39 is 0 Å². The second-order valence-corrected chi connectivity index (χ2v) is 15.5. The van der Waals surface area contributed by atoms with Gasteiger partial charge < -0.3 is 29.4 Å². The largest absolute Gasteiger partial charge is 0.496 e. The van der Waals surface area contributed by atoms with Crippen LogP contribution in [0.25, 0.3) is 21.6 Å². The van der Waals surface area contributed by atoms with Gasteiger partial charge in [-0.1, -0.05) is 19.9 Å². The molecule has 3 N–H and O–H groups in total. The molecule has 1 unspecified atom stereocenters. The van der Waals surface area contributed by atoms with E-state index in [0.717, 1.165) is 89.9 Å². The van der Waals surface area contributed by atoms with Gasteiger partial charge in [0.2, 0.25) is 12.8 Å². The van der Waals surface area contributed by atoms with Crippen molar-refractivity contribution in [3.8, 4) is 16.5 Å². The number of hydrogen-bond donors (Lipinski definition) is 3. The highest BCUT2D eigenvalue weighted by Crippen LogP contribution is 2.31. The number of amides is 3. The number of hydrogen-bond acceptors (Lipinski definition) is 9. The second kappa shape index (κ2) is 22.4. The smallest absolute Gasteiger partial charge is 0.251 e. The van der Waals surface area contributed by atoms with Gasteiger partial charge in [-0.2, -0.15) is 0 Å². The molecule has 2 saturated carbocycles. The number of nitrogens with one attached hydrogen (secondary N) is 3. The standard InChI is InChI=1S/C17H18N2O2S.C14H25NO2.C4H7NOS.C4H7NO/c1-9(2)13-8-22-17(19-13)12-7-14(20)11-5-6-15(21-4)10(3)16(11)18-12;1-4-5-6-7-11-17-13(3)14(16)15-10-8-9-12(15)2;6-3-5-7-4-1-2-4;6-3-5-4-1-2-4/h5-9H,1-4H3,(H,18,20);4,12-13H,1,5-11H2,2-3H3;3-4H,1-2H2,(H,5,6);3-4H,1-2H2,(H,5,6)/t;12?,13-;;/m.1../s1. The monoisotopic (exact) mass is 755 g/mol. The quantitative estimate of drug-likeness (QED) is 0.0636. The number of H-pyrrole nitrogens is 1. The summed E-state index contributed by atoms with van der Waals surface area (Å²) in [6.45, 7) is 15.4. The number of rotatable bonds is 15. The number of carbonyl (C=O) groups excluding carboxylic acids is 3. The van der Waals surface area contributed by atoms with Crippen molar-refractivity contribution in [2.75, 3.05) is 20.3 Å². The molecule has 52 heavy (non-hydrogen) atoms. The molecule has 2 aliphatic carbocycles. The maximum atomic E-state index is 12.4. The molecule has 0 spiro atoms. The van der Waals surface area contributed by atoms with Gasteiger partial charge in [0.25, 0.3) is 5.91 Å². The molecule has 3 aliphatic rings. The van der Waals surface area contributed by atoms with Crippen LogP contribution in [0.15, 0.2) is 41.0 Å². The number of allylic oxidation sites excluding steroid dienone is 1. The number of aryl methyl sites for hydroxylation is 1. The minimum Gasteiger partial charge on any atom is -0.496 e. The first-order valence-corrected chi connectivity index (χ1v) is 20.0. The van der Waals surface area contributed by atoms with Crippen LogP contribution in [0.2, 0.25) is 0 Å². The number of carbonyl (C=O) groups is 3. The van der Waals surface area contributed by atoms with Crippen LogP contribution in [0.3, 0.4) is 0 Å². The van der Waals surface area contributed by atoms with Gasteiger partial charge in [0.15, 0.2) is 5.43 Å². The van der Waals surface area contributed by atoms with E-state index in [1.807, 2.05) is 36.3 Å². The lowest BCUT2D eigenvalue weighted by molar-refractivity contribution is -0.143. The van der Waals surface area contributed by atoms with Gasteiger partial charge in [-0.15, -0.1) is 17.9 Å². The lowest BCUT2D eigenvalue weighted by Crippen LogP contribution is -2.41. The number of aromatic amines is 1. The third-order valence-corrected chi connectivity index (χ3v) is 10.8. The highest BCUT2D eigenvalue weighted by Gasteiger charge is 2.28. The zero-order valence-corrected chi connectivity index (χ0v) is 33.2. The van der Waals surface area contributed by atoms with Crippen LogP contribution in [-0.2, 0) is 19.1 Å². The van der Waals surface area contributed by atoms with E-state index in [9.17, 15) is 19.2 Å². The summed E-state index contributed by atoms with van der Waals surface area (Å²) in [7, 11) is 1.63. The molecule has 3 aromatic rings. The van der Waals surface area contributed by atoms with Crippen molar-refractivity contribution in [3.05, 3.63) is 57.7 Å². The van der Waals surface area contributed by atoms with Crippen molar-refractivity contribution in [1.82, 2.24) is 24.9 Å². The van der Waals surface area contributed by atoms with Crippen molar-refractivity contribution < 1.29 is 23.9 Å². The lowest BCUT2D eigenvalue weighted by atomic mass is 10.1. The number of pyridine rings is 1. The van der Waals surface area contributed by atoms with Crippen LogP contribution in [0.5, 0.6) is 5.75 Å². The number of likely N-dealkylation sites (tertiary alicyclic amines) is 1. The summed E-state index contributed by atoms with van der Waals surface area (Å²) in [5, 5.41) is 6.92. The van der Waals surface area contributed by atoms with E-state index in [-0.39, 0.29) is 17.4 Å². The summed E-state index contributed by atoms with van der Waals surface area (Å²) in [5.41, 5.74) is 3.53. The molecule has 1 aromatic carbocycles. The Kier molecular flexibility index (Phi) is 18.4. The molecule has 2 atom stereocenters. The third kappa shape index (κ3) is 14.0. The van der Waals surface area contributed by atoms with E-state index in [2.05, 4.69) is 47.4 Å². The number of methoxy groups -OCH3 is 1. The topological polar surface area (TPSA) is 143 Å². The number of fused-ring (bicyclic) bond motifs is 1. The van der Waals surface area contributed by atoms with Crippen LogP contribution in [0.4, 0.5) is 0 Å². The van der Waals surface area contributed by atoms with Gasteiger partial charge in [0.05, 0.1) is 24.0 Å². The molecule has 11 nitrogen and oxygen atoms in total. The van der Waals surface area contributed by atoms with E-state index in [1.54, 1.807) is 30.6 Å². The Morgan fingerprint density at radius 3 is 2.44 bits per heavy atom. The Labute approximate surface area is 316 Å². The van der Waals surface area contributed by atoms with Gasteiger partial charge in [0, 0.05) is 52.9 Å². The molecule has 0 radical (unpaired) electrons. The average Bonchev–Trinajstić information content (AvgIpc) is 4.05. The summed E-state index contributed by atoms with van der Waals surface area (Å²) in [4.78, 5) is 53.5. The fourth-order valence-electron chi connectivity index (χ4n) is 5.32. The summed E-state index contributed by atoms with van der Waals surface area (Å²) < 4.78 is 13.5. The number of nitrogens with zero attached hydrogens (tertiary/aromatic N) is 2. The van der Waals surface area contributed by atoms with Gasteiger partial charge in [-0.05, 0) is 109 Å². The molecule has 0 bridgehead atoms.